The molecule has 1 saturated heterocycles. The van der Waals surface area contributed by atoms with Gasteiger partial charge in [-0.2, -0.15) is 0 Å². The van der Waals surface area contributed by atoms with Gasteiger partial charge in [0.2, 0.25) is 11.8 Å². The van der Waals surface area contributed by atoms with Gasteiger partial charge in [0.05, 0.1) is 11.6 Å². The van der Waals surface area contributed by atoms with Crippen LogP contribution in [0.5, 0.6) is 0 Å². The molecule has 0 saturated carbocycles. The molecule has 0 radical (unpaired) electrons. The molecule has 0 aliphatic carbocycles. The summed E-state index contributed by atoms with van der Waals surface area (Å²) >= 11 is 6.05. The molecule has 1 aliphatic rings. The van der Waals surface area contributed by atoms with Crippen LogP contribution in [0, 0.1) is 5.92 Å². The maximum atomic E-state index is 12.4. The Balaban J connectivity index is 2.16. The summed E-state index contributed by atoms with van der Waals surface area (Å²) in [5.41, 5.74) is 0.799. The van der Waals surface area contributed by atoms with E-state index in [1.54, 1.807) is 17.2 Å². The van der Waals surface area contributed by atoms with Crippen molar-refractivity contribution in [3.63, 3.8) is 0 Å². The lowest BCUT2D eigenvalue weighted by molar-refractivity contribution is -0.146. The van der Waals surface area contributed by atoms with Gasteiger partial charge in [-0.25, -0.2) is 0 Å². The molecule has 2 atom stereocenters. The van der Waals surface area contributed by atoms with Crippen LogP contribution in [-0.2, 0) is 16.1 Å². The summed E-state index contributed by atoms with van der Waals surface area (Å²) in [6.07, 6.45) is 4.00. The van der Waals surface area contributed by atoms with Gasteiger partial charge < -0.3 is 10.2 Å². The van der Waals surface area contributed by atoms with Gasteiger partial charge in [-0.3, -0.25) is 14.6 Å². The highest BCUT2D eigenvalue weighted by Crippen LogP contribution is 2.19. The number of nitrogens with zero attached hydrogens (tertiary/aromatic N) is 2. The maximum absolute atomic E-state index is 12.4. The van der Waals surface area contributed by atoms with E-state index in [1.807, 2.05) is 13.8 Å². The van der Waals surface area contributed by atoms with Gasteiger partial charge in [0, 0.05) is 18.9 Å². The molecule has 1 aromatic rings. The number of pyridine rings is 1. The lowest BCUT2D eigenvalue weighted by Gasteiger charge is -2.35. The Hall–Kier alpha value is -1.62. The van der Waals surface area contributed by atoms with E-state index < -0.39 is 6.04 Å². The standard InChI is InChI=1S/C14H18ClN3O2/c1-3-9(2)13-14(20)18(8-12(19)17-13)7-10-4-5-16-6-11(10)15/h4-6,9,13H,3,7-8H2,1-2H3,(H,17,19). The van der Waals surface area contributed by atoms with Gasteiger partial charge in [-0.1, -0.05) is 31.9 Å². The Labute approximate surface area is 123 Å². The first-order chi connectivity index (χ1) is 9.52. The Morgan fingerprint density at radius 2 is 2.30 bits per heavy atom. The van der Waals surface area contributed by atoms with Gasteiger partial charge in [0.15, 0.2) is 0 Å². The van der Waals surface area contributed by atoms with Crippen molar-refractivity contribution in [2.45, 2.75) is 32.9 Å². The number of carbonyl (C=O) groups is 2. The number of piperazine rings is 1. The first-order valence-electron chi connectivity index (χ1n) is 6.69. The van der Waals surface area contributed by atoms with Crippen molar-refractivity contribution < 1.29 is 9.59 Å². The summed E-state index contributed by atoms with van der Waals surface area (Å²) in [6, 6.07) is 1.32. The molecule has 6 heteroatoms. The van der Waals surface area contributed by atoms with E-state index in [1.165, 1.54) is 6.20 Å². The van der Waals surface area contributed by atoms with Crippen LogP contribution in [0.25, 0.3) is 0 Å². The van der Waals surface area contributed by atoms with E-state index in [2.05, 4.69) is 10.3 Å². The second-order valence-electron chi connectivity index (χ2n) is 5.09. The molecule has 20 heavy (non-hydrogen) atoms. The zero-order valence-corrected chi connectivity index (χ0v) is 12.4. The summed E-state index contributed by atoms with van der Waals surface area (Å²) < 4.78 is 0. The lowest BCUT2D eigenvalue weighted by atomic mass is 9.96. The van der Waals surface area contributed by atoms with Crippen LogP contribution < -0.4 is 5.32 Å². The van der Waals surface area contributed by atoms with E-state index in [9.17, 15) is 9.59 Å². The van der Waals surface area contributed by atoms with Crippen molar-refractivity contribution >= 4 is 23.4 Å². The summed E-state index contributed by atoms with van der Waals surface area (Å²) in [4.78, 5) is 29.7. The molecule has 5 nitrogen and oxygen atoms in total. The van der Waals surface area contributed by atoms with Crippen molar-refractivity contribution in [1.29, 1.82) is 0 Å². The summed E-state index contributed by atoms with van der Waals surface area (Å²) in [7, 11) is 0. The quantitative estimate of drug-likeness (QED) is 0.918. The summed E-state index contributed by atoms with van der Waals surface area (Å²) in [6.45, 7) is 4.37. The highest BCUT2D eigenvalue weighted by atomic mass is 35.5. The smallest absolute Gasteiger partial charge is 0.246 e. The highest BCUT2D eigenvalue weighted by Gasteiger charge is 2.35. The van der Waals surface area contributed by atoms with Gasteiger partial charge in [-0.05, 0) is 17.5 Å². The molecular weight excluding hydrogens is 278 g/mol. The Kier molecular flexibility index (Phi) is 4.60. The van der Waals surface area contributed by atoms with Crippen LogP contribution in [0.3, 0.4) is 0 Å². The third-order valence-electron chi connectivity index (χ3n) is 3.66. The first kappa shape index (κ1) is 14.8. The van der Waals surface area contributed by atoms with Crippen molar-refractivity contribution in [2.24, 2.45) is 5.92 Å². The Morgan fingerprint density at radius 3 is 2.95 bits per heavy atom. The molecule has 2 unspecified atom stereocenters. The summed E-state index contributed by atoms with van der Waals surface area (Å²) in [5.74, 6) is -0.0610. The van der Waals surface area contributed by atoms with Crippen LogP contribution in [0.1, 0.15) is 25.8 Å². The fourth-order valence-corrected chi connectivity index (χ4v) is 2.40. The number of aromatic nitrogens is 1. The molecule has 0 spiro atoms. The van der Waals surface area contributed by atoms with Gasteiger partial charge in [0.1, 0.15) is 6.04 Å². The molecule has 2 amide bonds. The SMILES string of the molecule is CCC(C)C1NC(=O)CN(Cc2ccncc2Cl)C1=O. The fraction of sp³-hybridized carbons (Fsp3) is 0.500. The van der Waals surface area contributed by atoms with E-state index >= 15 is 0 Å². The average molecular weight is 296 g/mol. The van der Waals surface area contributed by atoms with Crippen molar-refractivity contribution in [3.8, 4) is 0 Å². The third-order valence-corrected chi connectivity index (χ3v) is 4.00. The molecule has 108 valence electrons. The average Bonchev–Trinajstić information content (AvgIpc) is 2.44. The molecule has 0 aromatic carbocycles. The number of hydrogen-bond donors (Lipinski definition) is 1. The fourth-order valence-electron chi connectivity index (χ4n) is 2.22. The minimum atomic E-state index is -0.443. The Bertz CT molecular complexity index is 521. The third kappa shape index (κ3) is 3.10. The van der Waals surface area contributed by atoms with Crippen LogP contribution in [0.15, 0.2) is 18.5 Å². The lowest BCUT2D eigenvalue weighted by Crippen LogP contribution is -2.59. The molecule has 2 rings (SSSR count). The zero-order chi connectivity index (χ0) is 14.7. The van der Waals surface area contributed by atoms with Gasteiger partial charge >= 0.3 is 0 Å². The minimum Gasteiger partial charge on any atom is -0.342 e. The largest absolute Gasteiger partial charge is 0.342 e. The number of nitrogens with one attached hydrogen (secondary N) is 1. The zero-order valence-electron chi connectivity index (χ0n) is 11.6. The highest BCUT2D eigenvalue weighted by molar-refractivity contribution is 6.31. The number of hydrogen-bond acceptors (Lipinski definition) is 3. The normalized spacial score (nSPS) is 20.8. The molecule has 0 bridgehead atoms. The van der Waals surface area contributed by atoms with Gasteiger partial charge in [0.25, 0.3) is 0 Å². The number of amides is 2. The first-order valence-corrected chi connectivity index (χ1v) is 7.07. The van der Waals surface area contributed by atoms with Crippen LogP contribution in [0.2, 0.25) is 5.02 Å². The number of halogens is 1. The molecule has 2 heterocycles. The molecule has 1 aromatic heterocycles. The van der Waals surface area contributed by atoms with Crippen molar-refractivity contribution in [2.75, 3.05) is 6.54 Å². The van der Waals surface area contributed by atoms with Crippen LogP contribution in [0.4, 0.5) is 0 Å². The maximum Gasteiger partial charge on any atom is 0.246 e. The topological polar surface area (TPSA) is 62.3 Å². The van der Waals surface area contributed by atoms with E-state index in [0.717, 1.165) is 12.0 Å². The molecular formula is C14H18ClN3O2. The van der Waals surface area contributed by atoms with Crippen LogP contribution in [-0.4, -0.2) is 34.3 Å². The predicted octanol–water partition coefficient (Wildman–Crippen LogP) is 1.61. The van der Waals surface area contributed by atoms with Crippen LogP contribution >= 0.6 is 11.6 Å². The van der Waals surface area contributed by atoms with Crippen molar-refractivity contribution in [1.82, 2.24) is 15.2 Å². The number of carbonyl (C=O) groups excluding carboxylic acids is 2. The summed E-state index contributed by atoms with van der Waals surface area (Å²) in [5, 5.41) is 3.28. The van der Waals surface area contributed by atoms with Crippen molar-refractivity contribution in [3.05, 3.63) is 29.0 Å². The minimum absolute atomic E-state index is 0.0492. The second kappa shape index (κ2) is 6.22. The molecule has 1 N–H and O–H groups in total. The predicted molar refractivity (Wildman–Crippen MR) is 76.0 cm³/mol. The monoisotopic (exact) mass is 295 g/mol. The molecule has 1 aliphatic heterocycles. The molecule has 1 fully saturated rings. The Morgan fingerprint density at radius 1 is 1.55 bits per heavy atom. The second-order valence-corrected chi connectivity index (χ2v) is 5.50. The number of rotatable bonds is 4. The van der Waals surface area contributed by atoms with Gasteiger partial charge in [-0.15, -0.1) is 0 Å². The van der Waals surface area contributed by atoms with E-state index in [4.69, 9.17) is 11.6 Å². The van der Waals surface area contributed by atoms with E-state index in [-0.39, 0.29) is 24.3 Å². The van der Waals surface area contributed by atoms with E-state index in [0.29, 0.717) is 11.6 Å².